The zero-order valence-corrected chi connectivity index (χ0v) is 12.7. The van der Waals surface area contributed by atoms with Crippen molar-refractivity contribution in [2.75, 3.05) is 19.4 Å². The standard InChI is InChI=1S/C9H11N5O6S2/c1-20-13-6(5-3-21-9(10)12-5)7(15)11-4-2-14(8(4)16)22(17,18)19/h3-4H,2H2,1H3,(H2,10,12)(H,11,15)(H,17,18,19)/b13-6+. The smallest absolute Gasteiger partial charge is 0.362 e. The van der Waals surface area contributed by atoms with Gasteiger partial charge in [-0.1, -0.05) is 5.16 Å². The molecular weight excluding hydrogens is 338 g/mol. The van der Waals surface area contributed by atoms with Crippen LogP contribution < -0.4 is 11.1 Å². The van der Waals surface area contributed by atoms with Crippen LogP contribution in [0.15, 0.2) is 10.5 Å². The quantitative estimate of drug-likeness (QED) is 0.242. The third kappa shape index (κ3) is 3.15. The summed E-state index contributed by atoms with van der Waals surface area (Å²) in [5, 5.41) is 7.46. The van der Waals surface area contributed by atoms with E-state index in [1.165, 1.54) is 12.5 Å². The normalized spacial score (nSPS) is 18.8. The number of carbonyl (C=O) groups excluding carboxylic acids is 2. The molecule has 1 saturated heterocycles. The molecule has 2 rings (SSSR count). The average molecular weight is 349 g/mol. The van der Waals surface area contributed by atoms with Crippen molar-refractivity contribution in [3.63, 3.8) is 0 Å². The molecule has 1 fully saturated rings. The van der Waals surface area contributed by atoms with Crippen molar-refractivity contribution in [2.24, 2.45) is 5.16 Å². The van der Waals surface area contributed by atoms with Gasteiger partial charge in [-0.25, -0.2) is 9.29 Å². The SMILES string of the molecule is CO/N=C(/C(=O)NC1CN(S(=O)(=O)O)C1=O)c1csc(N)n1. The summed E-state index contributed by atoms with van der Waals surface area (Å²) in [6, 6.07) is -1.09. The Morgan fingerprint density at radius 1 is 1.68 bits per heavy atom. The van der Waals surface area contributed by atoms with Gasteiger partial charge in [-0.05, 0) is 0 Å². The van der Waals surface area contributed by atoms with Crippen molar-refractivity contribution < 1.29 is 27.4 Å². The summed E-state index contributed by atoms with van der Waals surface area (Å²) in [4.78, 5) is 32.0. The summed E-state index contributed by atoms with van der Waals surface area (Å²) in [6.07, 6.45) is 0. The van der Waals surface area contributed by atoms with Crippen molar-refractivity contribution in [1.82, 2.24) is 14.6 Å². The first-order valence-electron chi connectivity index (χ1n) is 5.66. The second-order valence-electron chi connectivity index (χ2n) is 4.07. The molecule has 11 nitrogen and oxygen atoms in total. The van der Waals surface area contributed by atoms with E-state index in [2.05, 4.69) is 20.3 Å². The van der Waals surface area contributed by atoms with E-state index >= 15 is 0 Å². The van der Waals surface area contributed by atoms with Gasteiger partial charge >= 0.3 is 10.3 Å². The van der Waals surface area contributed by atoms with Crippen LogP contribution in [0.1, 0.15) is 5.69 Å². The summed E-state index contributed by atoms with van der Waals surface area (Å²) >= 11 is 1.08. The van der Waals surface area contributed by atoms with Crippen molar-refractivity contribution in [2.45, 2.75) is 6.04 Å². The number of rotatable bonds is 5. The van der Waals surface area contributed by atoms with Gasteiger partial charge in [0.25, 0.3) is 11.8 Å². The lowest BCUT2D eigenvalue weighted by Gasteiger charge is -2.35. The van der Waals surface area contributed by atoms with Gasteiger partial charge in [0, 0.05) is 5.38 Å². The Kier molecular flexibility index (Phi) is 4.30. The fourth-order valence-corrected chi connectivity index (χ4v) is 2.87. The molecule has 0 spiro atoms. The number of amides is 2. The van der Waals surface area contributed by atoms with Crippen LogP contribution in [-0.4, -0.2) is 59.5 Å². The minimum atomic E-state index is -4.61. The van der Waals surface area contributed by atoms with Gasteiger partial charge < -0.3 is 15.9 Å². The van der Waals surface area contributed by atoms with Gasteiger partial charge in [-0.3, -0.25) is 14.1 Å². The summed E-state index contributed by atoms with van der Waals surface area (Å²) < 4.78 is 30.6. The van der Waals surface area contributed by atoms with E-state index in [-0.39, 0.29) is 27.4 Å². The zero-order chi connectivity index (χ0) is 16.5. The Hall–Kier alpha value is -2.25. The molecule has 2 amide bonds. The lowest BCUT2D eigenvalue weighted by molar-refractivity contribution is -0.139. The number of nitrogen functional groups attached to an aromatic ring is 1. The van der Waals surface area contributed by atoms with Crippen molar-refractivity contribution in [3.05, 3.63) is 11.1 Å². The number of hydrogen-bond acceptors (Lipinski definition) is 9. The van der Waals surface area contributed by atoms with Crippen LogP contribution in [0.5, 0.6) is 0 Å². The molecule has 4 N–H and O–H groups in total. The minimum Gasteiger partial charge on any atom is -0.398 e. The molecule has 2 heterocycles. The summed E-state index contributed by atoms with van der Waals surface area (Å²) in [5.41, 5.74) is 5.40. The summed E-state index contributed by atoms with van der Waals surface area (Å²) in [6.45, 7) is -0.372. The largest absolute Gasteiger partial charge is 0.398 e. The Morgan fingerprint density at radius 3 is 2.82 bits per heavy atom. The summed E-state index contributed by atoms with van der Waals surface area (Å²) in [5.74, 6) is -1.74. The molecule has 1 aromatic rings. The fourth-order valence-electron chi connectivity index (χ4n) is 1.63. The Morgan fingerprint density at radius 2 is 2.36 bits per heavy atom. The highest BCUT2D eigenvalue weighted by atomic mass is 32.2. The van der Waals surface area contributed by atoms with Gasteiger partial charge in [0.1, 0.15) is 18.8 Å². The van der Waals surface area contributed by atoms with Gasteiger partial charge in [0.05, 0.1) is 6.54 Å². The van der Waals surface area contributed by atoms with Gasteiger partial charge in [0.15, 0.2) is 10.8 Å². The Bertz CT molecular complexity index is 741. The molecule has 120 valence electrons. The molecule has 1 aromatic heterocycles. The van der Waals surface area contributed by atoms with Crippen molar-refractivity contribution in [3.8, 4) is 0 Å². The van der Waals surface area contributed by atoms with Gasteiger partial charge in [-0.2, -0.15) is 8.42 Å². The number of thiazole rings is 1. The van der Waals surface area contributed by atoms with E-state index in [4.69, 9.17) is 10.3 Å². The monoisotopic (exact) mass is 349 g/mol. The molecular formula is C9H11N5O6S2. The lowest BCUT2D eigenvalue weighted by atomic mass is 10.1. The van der Waals surface area contributed by atoms with E-state index < -0.39 is 28.2 Å². The highest BCUT2D eigenvalue weighted by Crippen LogP contribution is 2.16. The lowest BCUT2D eigenvalue weighted by Crippen LogP contribution is -2.65. The van der Waals surface area contributed by atoms with E-state index in [0.717, 1.165) is 11.3 Å². The Balaban J connectivity index is 2.08. The molecule has 13 heteroatoms. The maximum Gasteiger partial charge on any atom is 0.362 e. The molecule has 0 bridgehead atoms. The minimum absolute atomic E-state index is 0.153. The van der Waals surface area contributed by atoms with Crippen LogP contribution in [-0.2, 0) is 24.7 Å². The van der Waals surface area contributed by atoms with Crippen LogP contribution in [0, 0.1) is 0 Å². The van der Waals surface area contributed by atoms with Gasteiger partial charge in [0.2, 0.25) is 0 Å². The number of nitrogens with one attached hydrogen (secondary N) is 1. The second-order valence-corrected chi connectivity index (χ2v) is 6.29. The highest BCUT2D eigenvalue weighted by Gasteiger charge is 2.45. The molecule has 0 aromatic carbocycles. The molecule has 1 aliphatic heterocycles. The topological polar surface area (TPSA) is 164 Å². The van der Waals surface area contributed by atoms with Crippen LogP contribution in [0.3, 0.4) is 0 Å². The predicted octanol–water partition coefficient (Wildman–Crippen LogP) is -1.79. The van der Waals surface area contributed by atoms with Crippen LogP contribution in [0.2, 0.25) is 0 Å². The molecule has 22 heavy (non-hydrogen) atoms. The van der Waals surface area contributed by atoms with E-state index in [1.54, 1.807) is 0 Å². The van der Waals surface area contributed by atoms with Crippen LogP contribution >= 0.6 is 11.3 Å². The van der Waals surface area contributed by atoms with Crippen LogP contribution in [0.25, 0.3) is 0 Å². The van der Waals surface area contributed by atoms with Gasteiger partial charge in [-0.15, -0.1) is 11.3 Å². The number of nitrogens with two attached hydrogens (primary N) is 1. The molecule has 0 aliphatic carbocycles. The molecule has 0 radical (unpaired) electrons. The Labute approximate surface area is 128 Å². The average Bonchev–Trinajstić information content (AvgIpc) is 2.84. The maximum absolute atomic E-state index is 12.1. The highest BCUT2D eigenvalue weighted by molar-refractivity contribution is 7.84. The molecule has 1 aliphatic rings. The number of aromatic nitrogens is 1. The summed E-state index contributed by atoms with van der Waals surface area (Å²) in [7, 11) is -3.39. The molecule has 1 unspecified atom stereocenters. The molecule has 0 saturated carbocycles. The number of nitrogens with zero attached hydrogens (tertiary/aromatic N) is 3. The third-order valence-electron chi connectivity index (χ3n) is 2.64. The van der Waals surface area contributed by atoms with Crippen molar-refractivity contribution in [1.29, 1.82) is 0 Å². The maximum atomic E-state index is 12.1. The van der Waals surface area contributed by atoms with E-state index in [9.17, 15) is 18.0 Å². The third-order valence-corrected chi connectivity index (χ3v) is 4.20. The van der Waals surface area contributed by atoms with E-state index in [0.29, 0.717) is 0 Å². The first kappa shape index (κ1) is 16.1. The van der Waals surface area contributed by atoms with E-state index in [1.807, 2.05) is 0 Å². The van der Waals surface area contributed by atoms with Crippen molar-refractivity contribution >= 4 is 44.3 Å². The van der Waals surface area contributed by atoms with Crippen LogP contribution in [0.4, 0.5) is 5.13 Å². The molecule has 1 atom stereocenters. The number of hydrogen-bond donors (Lipinski definition) is 3. The fraction of sp³-hybridized carbons (Fsp3) is 0.333. The number of carbonyl (C=O) groups is 2. The first-order chi connectivity index (χ1) is 10.2. The second kappa shape index (κ2) is 5.86. The number of oxime groups is 1. The predicted molar refractivity (Wildman–Crippen MR) is 75.3 cm³/mol. The zero-order valence-electron chi connectivity index (χ0n) is 11.1. The number of anilines is 1. The number of β-lactam (4-membered cyclic amide) rings is 1. The first-order valence-corrected chi connectivity index (χ1v) is 7.94.